The second-order valence-corrected chi connectivity index (χ2v) is 6.29. The van der Waals surface area contributed by atoms with Crippen LogP contribution < -0.4 is 4.90 Å². The van der Waals surface area contributed by atoms with Gasteiger partial charge in [0.15, 0.2) is 0 Å². The number of aromatic carboxylic acids is 1. The third-order valence-electron chi connectivity index (χ3n) is 4.71. The Labute approximate surface area is 144 Å². The van der Waals surface area contributed by atoms with Crippen LogP contribution in [0, 0.1) is 0 Å². The van der Waals surface area contributed by atoms with Crippen LogP contribution in [0.3, 0.4) is 0 Å². The van der Waals surface area contributed by atoms with Crippen molar-refractivity contribution in [1.29, 1.82) is 0 Å². The normalized spacial score (nSPS) is 15.6. The molecule has 0 atom stereocenters. The Bertz CT molecular complexity index is 911. The second kappa shape index (κ2) is 6.18. The number of H-pyrrole nitrogens is 1. The van der Waals surface area contributed by atoms with E-state index < -0.39 is 5.97 Å². The van der Waals surface area contributed by atoms with Gasteiger partial charge in [-0.25, -0.2) is 14.8 Å². The Balaban J connectivity index is 1.70. The molecular weight excluding hydrogens is 318 g/mol. The third-order valence-corrected chi connectivity index (χ3v) is 4.71. The first-order chi connectivity index (χ1) is 12.1. The van der Waals surface area contributed by atoms with Crippen LogP contribution in [-0.2, 0) is 0 Å². The highest BCUT2D eigenvalue weighted by molar-refractivity contribution is 6.07. The lowest BCUT2D eigenvalue weighted by atomic mass is 10.1. The number of aromatic nitrogens is 3. The van der Waals surface area contributed by atoms with Gasteiger partial charge < -0.3 is 19.9 Å². The lowest BCUT2D eigenvalue weighted by molar-refractivity contribution is 0.0699. The average Bonchev–Trinajstić information content (AvgIpc) is 3.07. The van der Waals surface area contributed by atoms with Gasteiger partial charge in [-0.15, -0.1) is 0 Å². The van der Waals surface area contributed by atoms with E-state index in [2.05, 4.69) is 43.9 Å². The number of nitrogens with zero attached hydrogens (tertiary/aromatic N) is 4. The summed E-state index contributed by atoms with van der Waals surface area (Å²) in [6.45, 7) is 4.13. The molecule has 4 rings (SSSR count). The molecular formula is C18H19N5O2. The SMILES string of the molecule is CN1CCN(c2ccc(-c3ncnc4[nH]cc(C(=O)O)c34)cc2)CC1. The van der Waals surface area contributed by atoms with Gasteiger partial charge in [-0.2, -0.15) is 0 Å². The van der Waals surface area contributed by atoms with Crippen LogP contribution in [0.5, 0.6) is 0 Å². The third kappa shape index (κ3) is 2.83. The molecule has 0 unspecified atom stereocenters. The van der Waals surface area contributed by atoms with Crippen molar-refractivity contribution in [3.05, 3.63) is 42.4 Å². The van der Waals surface area contributed by atoms with Gasteiger partial charge in [0, 0.05) is 43.6 Å². The quantitative estimate of drug-likeness (QED) is 0.761. The standard InChI is InChI=1S/C18H19N5O2/c1-22-6-8-23(9-7-22)13-4-2-12(3-5-13)16-15-14(18(24)25)10-19-17(15)21-11-20-16/h2-5,10-11H,6-9H2,1H3,(H,24,25)(H,19,20,21). The summed E-state index contributed by atoms with van der Waals surface area (Å²) in [5, 5.41) is 9.94. The molecule has 1 aliphatic heterocycles. The van der Waals surface area contributed by atoms with Crippen molar-refractivity contribution in [1.82, 2.24) is 19.9 Å². The van der Waals surface area contributed by atoms with E-state index in [0.717, 1.165) is 31.7 Å². The smallest absolute Gasteiger partial charge is 0.338 e. The molecule has 1 saturated heterocycles. The number of anilines is 1. The predicted molar refractivity (Wildman–Crippen MR) is 96.0 cm³/mol. The number of likely N-dealkylation sites (N-methyl/N-ethyl adjacent to an activating group) is 1. The number of carboxylic acids is 1. The predicted octanol–water partition coefficient (Wildman–Crippen LogP) is 2.07. The minimum Gasteiger partial charge on any atom is -0.478 e. The first-order valence-corrected chi connectivity index (χ1v) is 8.23. The van der Waals surface area contributed by atoms with Gasteiger partial charge in [0.05, 0.1) is 16.6 Å². The fraction of sp³-hybridized carbons (Fsp3) is 0.278. The average molecular weight is 337 g/mol. The monoisotopic (exact) mass is 337 g/mol. The lowest BCUT2D eigenvalue weighted by Gasteiger charge is -2.34. The summed E-state index contributed by atoms with van der Waals surface area (Å²) in [6, 6.07) is 8.13. The van der Waals surface area contributed by atoms with Gasteiger partial charge in [-0.1, -0.05) is 12.1 Å². The Morgan fingerprint density at radius 2 is 1.84 bits per heavy atom. The zero-order valence-electron chi connectivity index (χ0n) is 13.9. The Kier molecular flexibility index (Phi) is 3.85. The van der Waals surface area contributed by atoms with Gasteiger partial charge >= 0.3 is 5.97 Å². The maximum absolute atomic E-state index is 11.5. The minimum atomic E-state index is -0.989. The molecule has 3 aromatic rings. The summed E-state index contributed by atoms with van der Waals surface area (Å²) in [4.78, 5) is 27.5. The number of nitrogens with one attached hydrogen (secondary N) is 1. The first-order valence-electron chi connectivity index (χ1n) is 8.23. The summed E-state index contributed by atoms with van der Waals surface area (Å²) < 4.78 is 0. The summed E-state index contributed by atoms with van der Waals surface area (Å²) >= 11 is 0. The van der Waals surface area contributed by atoms with Crippen LogP contribution in [-0.4, -0.2) is 64.2 Å². The number of rotatable bonds is 3. The number of carboxylic acid groups (broad SMARTS) is 1. The molecule has 1 aromatic carbocycles. The van der Waals surface area contributed by atoms with Crippen molar-refractivity contribution in [2.24, 2.45) is 0 Å². The van der Waals surface area contributed by atoms with E-state index >= 15 is 0 Å². The number of aromatic amines is 1. The molecule has 3 heterocycles. The summed E-state index contributed by atoms with van der Waals surface area (Å²) in [5.74, 6) is -0.989. The van der Waals surface area contributed by atoms with E-state index in [-0.39, 0.29) is 5.56 Å². The number of benzene rings is 1. The molecule has 7 heteroatoms. The molecule has 25 heavy (non-hydrogen) atoms. The molecule has 2 aromatic heterocycles. The van der Waals surface area contributed by atoms with E-state index in [0.29, 0.717) is 16.7 Å². The van der Waals surface area contributed by atoms with Gasteiger partial charge in [-0.3, -0.25) is 0 Å². The maximum atomic E-state index is 11.5. The number of hydrogen-bond donors (Lipinski definition) is 2. The fourth-order valence-electron chi connectivity index (χ4n) is 3.25. The molecule has 128 valence electrons. The first kappa shape index (κ1) is 15.6. The van der Waals surface area contributed by atoms with E-state index in [1.165, 1.54) is 18.2 Å². The zero-order valence-corrected chi connectivity index (χ0v) is 13.9. The molecule has 2 N–H and O–H groups in total. The number of hydrogen-bond acceptors (Lipinski definition) is 5. The van der Waals surface area contributed by atoms with Crippen LogP contribution >= 0.6 is 0 Å². The van der Waals surface area contributed by atoms with Crippen molar-refractivity contribution < 1.29 is 9.90 Å². The maximum Gasteiger partial charge on any atom is 0.338 e. The number of carbonyl (C=O) groups is 1. The zero-order chi connectivity index (χ0) is 17.4. The van der Waals surface area contributed by atoms with Crippen LogP contribution in [0.4, 0.5) is 5.69 Å². The fourth-order valence-corrected chi connectivity index (χ4v) is 3.25. The summed E-state index contributed by atoms with van der Waals surface area (Å²) in [7, 11) is 2.14. The Morgan fingerprint density at radius 1 is 1.12 bits per heavy atom. The van der Waals surface area contributed by atoms with Gasteiger partial charge in [0.1, 0.15) is 12.0 Å². The number of piperazine rings is 1. The van der Waals surface area contributed by atoms with Gasteiger partial charge in [0.25, 0.3) is 0 Å². The van der Waals surface area contributed by atoms with Crippen molar-refractivity contribution >= 4 is 22.7 Å². The second-order valence-electron chi connectivity index (χ2n) is 6.29. The van der Waals surface area contributed by atoms with Crippen molar-refractivity contribution in [2.75, 3.05) is 38.1 Å². The Morgan fingerprint density at radius 3 is 2.52 bits per heavy atom. The van der Waals surface area contributed by atoms with Crippen molar-refractivity contribution in [3.63, 3.8) is 0 Å². The highest BCUT2D eigenvalue weighted by Crippen LogP contribution is 2.29. The topological polar surface area (TPSA) is 85.4 Å². The molecule has 1 fully saturated rings. The molecule has 0 saturated carbocycles. The Hall–Kier alpha value is -2.93. The molecule has 0 amide bonds. The van der Waals surface area contributed by atoms with E-state index in [9.17, 15) is 9.90 Å². The molecule has 0 aliphatic carbocycles. The summed E-state index contributed by atoms with van der Waals surface area (Å²) in [5.41, 5.74) is 3.41. The van der Waals surface area contributed by atoms with E-state index in [4.69, 9.17) is 0 Å². The van der Waals surface area contributed by atoms with Gasteiger partial charge in [-0.05, 0) is 19.2 Å². The molecule has 0 radical (unpaired) electrons. The van der Waals surface area contributed by atoms with Crippen LogP contribution in [0.25, 0.3) is 22.3 Å². The van der Waals surface area contributed by atoms with Crippen molar-refractivity contribution in [2.45, 2.75) is 0 Å². The van der Waals surface area contributed by atoms with Crippen molar-refractivity contribution in [3.8, 4) is 11.3 Å². The summed E-state index contributed by atoms with van der Waals surface area (Å²) in [6.07, 6.45) is 2.91. The largest absolute Gasteiger partial charge is 0.478 e. The highest BCUT2D eigenvalue weighted by atomic mass is 16.4. The minimum absolute atomic E-state index is 0.189. The molecule has 0 bridgehead atoms. The molecule has 0 spiro atoms. The van der Waals surface area contributed by atoms with E-state index in [1.54, 1.807) is 0 Å². The van der Waals surface area contributed by atoms with Gasteiger partial charge in [0.2, 0.25) is 0 Å². The van der Waals surface area contributed by atoms with E-state index in [1.807, 2.05) is 12.1 Å². The number of fused-ring (bicyclic) bond motifs is 1. The lowest BCUT2D eigenvalue weighted by Crippen LogP contribution is -2.44. The molecule has 7 nitrogen and oxygen atoms in total. The molecule has 1 aliphatic rings. The van der Waals surface area contributed by atoms with Crippen LogP contribution in [0.15, 0.2) is 36.8 Å². The van der Waals surface area contributed by atoms with Crippen LogP contribution in [0.2, 0.25) is 0 Å². The highest BCUT2D eigenvalue weighted by Gasteiger charge is 2.18. The van der Waals surface area contributed by atoms with Crippen LogP contribution in [0.1, 0.15) is 10.4 Å².